The molecule has 2 heterocycles. The maximum atomic E-state index is 8.82. The molecule has 0 aliphatic heterocycles. The Bertz CT molecular complexity index is 498. The molecule has 14 heavy (non-hydrogen) atoms. The molecule has 0 amide bonds. The second-order valence-electron chi connectivity index (χ2n) is 2.48. The van der Waals surface area contributed by atoms with Gasteiger partial charge < -0.3 is 0 Å². The predicted molar refractivity (Wildman–Crippen MR) is 51.6 cm³/mol. The van der Waals surface area contributed by atoms with Crippen molar-refractivity contribution in [2.45, 2.75) is 0 Å². The smallest absolute Gasteiger partial charge is 0.193 e. The summed E-state index contributed by atoms with van der Waals surface area (Å²) in [4.78, 5) is 0. The van der Waals surface area contributed by atoms with E-state index in [1.807, 2.05) is 6.07 Å². The van der Waals surface area contributed by atoms with Crippen LogP contribution in [0, 0.1) is 11.3 Å². The van der Waals surface area contributed by atoms with Crippen LogP contribution in [0.25, 0.3) is 5.82 Å². The summed E-state index contributed by atoms with van der Waals surface area (Å²) in [6.07, 6.45) is 4.81. The molecule has 68 valence electrons. The minimum atomic E-state index is 0.431. The Balaban J connectivity index is 2.57. The quantitative estimate of drug-likeness (QED) is 0.764. The van der Waals surface area contributed by atoms with E-state index < -0.39 is 0 Å². The lowest BCUT2D eigenvalue weighted by Crippen LogP contribution is -2.02. The summed E-state index contributed by atoms with van der Waals surface area (Å²) in [6.45, 7) is 0. The summed E-state index contributed by atoms with van der Waals surface area (Å²) in [5.74, 6) is 0.431. The van der Waals surface area contributed by atoms with E-state index in [1.165, 1.54) is 10.9 Å². The maximum absolute atomic E-state index is 8.82. The minimum absolute atomic E-state index is 0.431. The third kappa shape index (κ3) is 1.49. The fourth-order valence-electron chi connectivity index (χ4n) is 0.997. The lowest BCUT2D eigenvalue weighted by atomic mass is 10.3. The summed E-state index contributed by atoms with van der Waals surface area (Å²) in [6, 6.07) is 3.62. The van der Waals surface area contributed by atoms with Crippen molar-refractivity contribution >= 4 is 15.9 Å². The highest BCUT2D eigenvalue weighted by Gasteiger charge is 2.06. The summed E-state index contributed by atoms with van der Waals surface area (Å²) in [5.41, 5.74) is 0.440. The summed E-state index contributed by atoms with van der Waals surface area (Å²) >= 11 is 3.26. The third-order valence-electron chi connectivity index (χ3n) is 1.59. The van der Waals surface area contributed by atoms with E-state index in [0.29, 0.717) is 11.4 Å². The van der Waals surface area contributed by atoms with Crippen LogP contribution in [0.2, 0.25) is 0 Å². The number of hydrogen-bond donors (Lipinski definition) is 0. The third-order valence-corrected chi connectivity index (χ3v) is 2.00. The van der Waals surface area contributed by atoms with Crippen LogP contribution in [0.1, 0.15) is 5.56 Å². The second-order valence-corrected chi connectivity index (χ2v) is 3.40. The molecular formula is C8H4BrN5. The van der Waals surface area contributed by atoms with Crippen molar-refractivity contribution in [1.82, 2.24) is 20.0 Å². The van der Waals surface area contributed by atoms with Crippen molar-refractivity contribution in [3.05, 3.63) is 34.7 Å². The number of nitrogens with zero attached hydrogens (tertiary/aromatic N) is 5. The first-order valence-electron chi connectivity index (χ1n) is 3.73. The Morgan fingerprint density at radius 3 is 3.00 bits per heavy atom. The Hall–Kier alpha value is -1.74. The predicted octanol–water partition coefficient (Wildman–Crippen LogP) is 1.30. The lowest BCUT2D eigenvalue weighted by molar-refractivity contribution is 0.810. The lowest BCUT2D eigenvalue weighted by Gasteiger charge is -1.99. The van der Waals surface area contributed by atoms with E-state index in [0.717, 1.165) is 4.47 Å². The maximum Gasteiger partial charge on any atom is 0.193 e. The summed E-state index contributed by atoms with van der Waals surface area (Å²) in [5, 5.41) is 20.4. The zero-order valence-electron chi connectivity index (χ0n) is 6.92. The molecule has 0 aromatic carbocycles. The molecule has 0 aliphatic rings. The van der Waals surface area contributed by atoms with Crippen LogP contribution in [0.15, 0.2) is 29.1 Å². The first kappa shape index (κ1) is 8.84. The van der Waals surface area contributed by atoms with Crippen LogP contribution in [-0.2, 0) is 0 Å². The van der Waals surface area contributed by atoms with E-state index in [1.54, 1.807) is 18.5 Å². The normalized spacial score (nSPS) is 9.71. The number of aromatic nitrogens is 4. The van der Waals surface area contributed by atoms with Gasteiger partial charge in [0.1, 0.15) is 11.6 Å². The Labute approximate surface area is 88.1 Å². The van der Waals surface area contributed by atoms with Gasteiger partial charge >= 0.3 is 0 Å². The van der Waals surface area contributed by atoms with Crippen molar-refractivity contribution in [2.75, 3.05) is 0 Å². The molecule has 0 bridgehead atoms. The number of hydrogen-bond acceptors (Lipinski definition) is 4. The van der Waals surface area contributed by atoms with Crippen LogP contribution >= 0.6 is 15.9 Å². The molecule has 6 heteroatoms. The van der Waals surface area contributed by atoms with E-state index in [9.17, 15) is 0 Å². The fourth-order valence-corrected chi connectivity index (χ4v) is 1.28. The molecule has 0 N–H and O–H groups in total. The second kappa shape index (κ2) is 3.55. The monoisotopic (exact) mass is 249 g/mol. The molecule has 2 aromatic rings. The number of nitriles is 1. The first-order chi connectivity index (χ1) is 6.81. The molecule has 2 aromatic heterocycles. The molecule has 0 atom stereocenters. The van der Waals surface area contributed by atoms with Gasteiger partial charge in [0.2, 0.25) is 0 Å². The average Bonchev–Trinajstić information content (AvgIpc) is 2.65. The molecular weight excluding hydrogens is 246 g/mol. The van der Waals surface area contributed by atoms with Gasteiger partial charge in [-0.25, -0.2) is 4.68 Å². The fraction of sp³-hybridized carbons (Fsp3) is 0. The minimum Gasteiger partial charge on any atom is -0.219 e. The molecule has 0 radical (unpaired) electrons. The van der Waals surface area contributed by atoms with Gasteiger partial charge in [0.25, 0.3) is 0 Å². The molecule has 5 nitrogen and oxygen atoms in total. The number of rotatable bonds is 1. The van der Waals surface area contributed by atoms with Gasteiger partial charge in [0.15, 0.2) is 5.82 Å². The standard InChI is InChI=1S/C8H4BrN5/c9-7-4-12-14(5-7)8-6(3-10)1-2-11-13-8/h1-2,4-5H. The van der Waals surface area contributed by atoms with Crippen molar-refractivity contribution in [3.8, 4) is 11.9 Å². The van der Waals surface area contributed by atoms with Crippen molar-refractivity contribution in [3.63, 3.8) is 0 Å². The zero-order chi connectivity index (χ0) is 9.97. The van der Waals surface area contributed by atoms with Gasteiger partial charge in [0.05, 0.1) is 16.9 Å². The first-order valence-corrected chi connectivity index (χ1v) is 4.53. The van der Waals surface area contributed by atoms with Gasteiger partial charge in [-0.1, -0.05) is 0 Å². The van der Waals surface area contributed by atoms with Gasteiger partial charge in [-0.05, 0) is 22.0 Å². The highest BCUT2D eigenvalue weighted by molar-refractivity contribution is 9.10. The SMILES string of the molecule is N#Cc1ccnnc1-n1cc(Br)cn1. The molecule has 0 spiro atoms. The Morgan fingerprint density at radius 2 is 2.36 bits per heavy atom. The Morgan fingerprint density at radius 1 is 1.50 bits per heavy atom. The van der Waals surface area contributed by atoms with E-state index in [4.69, 9.17) is 5.26 Å². The largest absolute Gasteiger partial charge is 0.219 e. The molecule has 0 saturated heterocycles. The van der Waals surface area contributed by atoms with Crippen molar-refractivity contribution < 1.29 is 0 Å². The zero-order valence-corrected chi connectivity index (χ0v) is 8.51. The molecule has 0 fully saturated rings. The van der Waals surface area contributed by atoms with E-state index in [2.05, 4.69) is 31.2 Å². The molecule has 2 rings (SSSR count). The van der Waals surface area contributed by atoms with Crippen LogP contribution < -0.4 is 0 Å². The van der Waals surface area contributed by atoms with Crippen molar-refractivity contribution in [1.29, 1.82) is 5.26 Å². The average molecular weight is 250 g/mol. The van der Waals surface area contributed by atoms with Gasteiger partial charge in [-0.3, -0.25) is 0 Å². The van der Waals surface area contributed by atoms with Gasteiger partial charge in [-0.2, -0.15) is 15.5 Å². The van der Waals surface area contributed by atoms with Crippen LogP contribution in [0.3, 0.4) is 0 Å². The summed E-state index contributed by atoms with van der Waals surface area (Å²) < 4.78 is 2.32. The van der Waals surface area contributed by atoms with Gasteiger partial charge in [-0.15, -0.1) is 5.10 Å². The molecule has 0 saturated carbocycles. The summed E-state index contributed by atoms with van der Waals surface area (Å²) in [7, 11) is 0. The Kier molecular flexibility index (Phi) is 2.24. The molecule has 0 aliphatic carbocycles. The van der Waals surface area contributed by atoms with Gasteiger partial charge in [0, 0.05) is 6.20 Å². The molecule has 0 unspecified atom stereocenters. The topological polar surface area (TPSA) is 67.4 Å². The van der Waals surface area contributed by atoms with E-state index >= 15 is 0 Å². The van der Waals surface area contributed by atoms with Crippen LogP contribution in [0.4, 0.5) is 0 Å². The van der Waals surface area contributed by atoms with Crippen LogP contribution in [0.5, 0.6) is 0 Å². The van der Waals surface area contributed by atoms with Crippen molar-refractivity contribution in [2.24, 2.45) is 0 Å². The van der Waals surface area contributed by atoms with Crippen LogP contribution in [-0.4, -0.2) is 20.0 Å². The highest BCUT2D eigenvalue weighted by Crippen LogP contribution is 2.12. The number of halogens is 1. The van der Waals surface area contributed by atoms with E-state index in [-0.39, 0.29) is 0 Å². The highest BCUT2D eigenvalue weighted by atomic mass is 79.9.